The van der Waals surface area contributed by atoms with Crippen LogP contribution < -0.4 is 5.23 Å². The number of benzene rings is 1. The van der Waals surface area contributed by atoms with Gasteiger partial charge in [-0.2, -0.15) is 0 Å². The van der Waals surface area contributed by atoms with Crippen molar-refractivity contribution in [2.24, 2.45) is 0 Å². The first-order valence-electron chi connectivity index (χ1n) is 2.97. The quantitative estimate of drug-likeness (QED) is 0.493. The Bertz CT molecular complexity index is 260. The van der Waals surface area contributed by atoms with Crippen LogP contribution in [0.15, 0.2) is 24.3 Å². The molecule has 0 aliphatic heterocycles. The molecule has 0 radical (unpaired) electrons. The van der Waals surface area contributed by atoms with Gasteiger partial charge in [0.2, 0.25) is 0 Å². The highest BCUT2D eigenvalue weighted by Crippen LogP contribution is 2.10. The first-order chi connectivity index (χ1) is 5.24. The Hall–Kier alpha value is -1.39. The highest BCUT2D eigenvalue weighted by Gasteiger charge is 1.98. The molecule has 1 aromatic rings. The largest absolute Gasteiger partial charge is 0.298 e. The lowest BCUT2D eigenvalue weighted by molar-refractivity contribution is 0.0291. The highest BCUT2D eigenvalue weighted by atomic mass is 16.8. The molecule has 0 heterocycles. The summed E-state index contributed by atoms with van der Waals surface area (Å²) in [4.78, 5) is 10.2. The van der Waals surface area contributed by atoms with E-state index in [4.69, 9.17) is 10.4 Å². The lowest BCUT2D eigenvalue weighted by Gasteiger charge is -2.06. The minimum atomic E-state index is -0.0347. The van der Waals surface area contributed by atoms with Crippen LogP contribution in [0.4, 0.5) is 5.69 Å². The van der Waals surface area contributed by atoms with Crippen LogP contribution in [0.2, 0.25) is 0 Å². The molecule has 0 aliphatic rings. The third-order valence-corrected chi connectivity index (χ3v) is 1.24. The molecule has 0 amide bonds. The Morgan fingerprint density at radius 2 is 2.09 bits per heavy atom. The summed E-state index contributed by atoms with van der Waals surface area (Å²) in [6, 6.07) is 5.94. The fourth-order valence-corrected chi connectivity index (χ4v) is 0.723. The Morgan fingerprint density at radius 1 is 1.36 bits per heavy atom. The fourth-order valence-electron chi connectivity index (χ4n) is 0.723. The lowest BCUT2D eigenvalue weighted by Crippen LogP contribution is -2.10. The number of carbonyl (C=O) groups excluding carboxylic acids is 1. The molecule has 0 atom stereocenters. The Labute approximate surface area is 63.2 Å². The molecule has 11 heavy (non-hydrogen) atoms. The summed E-state index contributed by atoms with van der Waals surface area (Å²) in [7, 11) is 0. The van der Waals surface area contributed by atoms with Crippen molar-refractivity contribution in [1.82, 2.24) is 0 Å². The van der Waals surface area contributed by atoms with E-state index in [0.717, 1.165) is 0 Å². The SMILES string of the molecule is O=Cc1cccc(N(O)O)c1. The maximum atomic E-state index is 10.2. The molecule has 0 unspecified atom stereocenters. The van der Waals surface area contributed by atoms with E-state index in [-0.39, 0.29) is 10.9 Å². The number of aldehydes is 1. The summed E-state index contributed by atoms with van der Waals surface area (Å²) < 4.78 is 0. The Balaban J connectivity index is 3.00. The van der Waals surface area contributed by atoms with Gasteiger partial charge in [0.25, 0.3) is 0 Å². The van der Waals surface area contributed by atoms with Gasteiger partial charge in [-0.05, 0) is 12.1 Å². The van der Waals surface area contributed by atoms with Crippen LogP contribution in [0.5, 0.6) is 0 Å². The predicted molar refractivity (Wildman–Crippen MR) is 37.9 cm³/mol. The first-order valence-corrected chi connectivity index (χ1v) is 2.97. The van der Waals surface area contributed by atoms with Crippen LogP contribution >= 0.6 is 0 Å². The van der Waals surface area contributed by atoms with Crippen LogP contribution in [0, 0.1) is 0 Å². The summed E-state index contributed by atoms with van der Waals surface area (Å²) in [5.74, 6) is 0. The Morgan fingerprint density at radius 3 is 2.64 bits per heavy atom. The van der Waals surface area contributed by atoms with Crippen molar-refractivity contribution < 1.29 is 15.2 Å². The normalized spacial score (nSPS) is 9.27. The van der Waals surface area contributed by atoms with Gasteiger partial charge < -0.3 is 0 Å². The van der Waals surface area contributed by atoms with Crippen LogP contribution in [-0.2, 0) is 0 Å². The molecule has 0 fully saturated rings. The number of carbonyl (C=O) groups is 1. The molecule has 0 saturated heterocycles. The first kappa shape index (κ1) is 7.71. The van der Waals surface area contributed by atoms with Gasteiger partial charge in [-0.25, -0.2) is 0 Å². The van der Waals surface area contributed by atoms with E-state index in [1.54, 1.807) is 12.1 Å². The van der Waals surface area contributed by atoms with Gasteiger partial charge in [-0.3, -0.25) is 15.2 Å². The van der Waals surface area contributed by atoms with Crippen molar-refractivity contribution in [1.29, 1.82) is 0 Å². The minimum absolute atomic E-state index is 0.0347. The molecular weight excluding hydrogens is 146 g/mol. The van der Waals surface area contributed by atoms with E-state index >= 15 is 0 Å². The molecule has 58 valence electrons. The van der Waals surface area contributed by atoms with E-state index < -0.39 is 0 Å². The molecule has 0 saturated carbocycles. The minimum Gasteiger partial charge on any atom is -0.298 e. The second-order valence-corrected chi connectivity index (χ2v) is 2.00. The average molecular weight is 153 g/mol. The topological polar surface area (TPSA) is 60.8 Å². The van der Waals surface area contributed by atoms with Crippen molar-refractivity contribution in [2.45, 2.75) is 0 Å². The number of nitrogens with zero attached hydrogens (tertiary/aromatic N) is 1. The van der Waals surface area contributed by atoms with Crippen LogP contribution in [0.1, 0.15) is 10.4 Å². The standard InChI is InChI=1S/C7H7NO3/c9-5-6-2-1-3-7(4-6)8(10)11/h1-5,10-11H. The van der Waals surface area contributed by atoms with Gasteiger partial charge in [0.1, 0.15) is 6.29 Å². The van der Waals surface area contributed by atoms with Crippen molar-refractivity contribution in [3.8, 4) is 0 Å². The maximum absolute atomic E-state index is 10.2. The van der Waals surface area contributed by atoms with E-state index in [2.05, 4.69) is 0 Å². The van der Waals surface area contributed by atoms with E-state index in [9.17, 15) is 4.79 Å². The molecule has 1 aromatic carbocycles. The zero-order chi connectivity index (χ0) is 8.27. The van der Waals surface area contributed by atoms with E-state index in [0.29, 0.717) is 11.8 Å². The molecule has 1 rings (SSSR count). The van der Waals surface area contributed by atoms with Gasteiger partial charge in [-0.15, -0.1) is 5.23 Å². The molecule has 2 N–H and O–H groups in total. The average Bonchev–Trinajstić information content (AvgIpc) is 2.05. The van der Waals surface area contributed by atoms with Gasteiger partial charge in [-0.1, -0.05) is 12.1 Å². The van der Waals surface area contributed by atoms with Crippen LogP contribution in [-0.4, -0.2) is 16.7 Å². The van der Waals surface area contributed by atoms with Crippen molar-refractivity contribution in [3.63, 3.8) is 0 Å². The fraction of sp³-hybridized carbons (Fsp3) is 0. The zero-order valence-electron chi connectivity index (χ0n) is 5.64. The smallest absolute Gasteiger partial charge is 0.150 e. The maximum Gasteiger partial charge on any atom is 0.150 e. The predicted octanol–water partition coefficient (Wildman–Crippen LogP) is 1.08. The van der Waals surface area contributed by atoms with Gasteiger partial charge in [0, 0.05) is 5.56 Å². The van der Waals surface area contributed by atoms with Crippen LogP contribution in [0.3, 0.4) is 0 Å². The number of hydrogen-bond acceptors (Lipinski definition) is 4. The molecule has 0 bridgehead atoms. The molecule has 4 nitrogen and oxygen atoms in total. The zero-order valence-corrected chi connectivity index (χ0v) is 5.64. The number of anilines is 1. The second kappa shape index (κ2) is 3.14. The monoisotopic (exact) mass is 153 g/mol. The van der Waals surface area contributed by atoms with Crippen molar-refractivity contribution >= 4 is 12.0 Å². The summed E-state index contributed by atoms with van der Waals surface area (Å²) in [5, 5.41) is 17.0. The highest BCUT2D eigenvalue weighted by molar-refractivity contribution is 5.76. The Kier molecular flexibility index (Phi) is 2.20. The third kappa shape index (κ3) is 1.76. The van der Waals surface area contributed by atoms with Gasteiger partial charge >= 0.3 is 0 Å². The summed E-state index contributed by atoms with van der Waals surface area (Å²) >= 11 is 0. The van der Waals surface area contributed by atoms with Crippen molar-refractivity contribution in [2.75, 3.05) is 5.23 Å². The second-order valence-electron chi connectivity index (χ2n) is 2.00. The molecule has 4 heteroatoms. The van der Waals surface area contributed by atoms with E-state index in [1.165, 1.54) is 12.1 Å². The van der Waals surface area contributed by atoms with E-state index in [1.807, 2.05) is 0 Å². The third-order valence-electron chi connectivity index (χ3n) is 1.24. The summed E-state index contributed by atoms with van der Waals surface area (Å²) in [6.45, 7) is 0. The van der Waals surface area contributed by atoms with Crippen molar-refractivity contribution in [3.05, 3.63) is 29.8 Å². The van der Waals surface area contributed by atoms with Gasteiger partial charge in [0.15, 0.2) is 0 Å². The number of hydrogen-bond donors (Lipinski definition) is 2. The van der Waals surface area contributed by atoms with Gasteiger partial charge in [0.05, 0.1) is 5.69 Å². The molecule has 0 aromatic heterocycles. The lowest BCUT2D eigenvalue weighted by atomic mass is 10.2. The molecule has 0 aliphatic carbocycles. The van der Waals surface area contributed by atoms with Crippen LogP contribution in [0.25, 0.3) is 0 Å². The molecular formula is C7H7NO3. The summed E-state index contributed by atoms with van der Waals surface area (Å²) in [5.41, 5.74) is 0.560. The summed E-state index contributed by atoms with van der Waals surface area (Å²) in [6.07, 6.45) is 0.632. The number of rotatable bonds is 2. The molecule has 0 spiro atoms.